The van der Waals surface area contributed by atoms with Gasteiger partial charge in [0.25, 0.3) is 17.4 Å². The van der Waals surface area contributed by atoms with Crippen LogP contribution in [0.15, 0.2) is 98.9 Å². The summed E-state index contributed by atoms with van der Waals surface area (Å²) in [4.78, 5) is 70.0. The van der Waals surface area contributed by atoms with Crippen molar-refractivity contribution in [2.24, 2.45) is 7.05 Å². The summed E-state index contributed by atoms with van der Waals surface area (Å²) in [6.07, 6.45) is 1.55. The lowest BCUT2D eigenvalue weighted by Gasteiger charge is -2.49. The van der Waals surface area contributed by atoms with Gasteiger partial charge in [0.15, 0.2) is 0 Å². The Labute approximate surface area is 328 Å². The third-order valence-electron chi connectivity index (χ3n) is 8.94. The highest BCUT2D eigenvalue weighted by Gasteiger charge is 2.54. The van der Waals surface area contributed by atoms with Crippen LogP contribution in [0.1, 0.15) is 22.0 Å². The number of carboxylic acids is 1. The van der Waals surface area contributed by atoms with Crippen LogP contribution in [-0.2, 0) is 31.5 Å². The van der Waals surface area contributed by atoms with Crippen molar-refractivity contribution in [3.63, 3.8) is 0 Å². The van der Waals surface area contributed by atoms with Crippen LogP contribution in [0.3, 0.4) is 0 Å². The summed E-state index contributed by atoms with van der Waals surface area (Å²) in [6.45, 7) is -1.28. The molecule has 21 heteroatoms. The van der Waals surface area contributed by atoms with E-state index in [1.54, 1.807) is 48.3 Å². The Bertz CT molecular complexity index is 2330. The normalized spacial score (nSPS) is 17.3. The van der Waals surface area contributed by atoms with Crippen molar-refractivity contribution in [1.29, 1.82) is 0 Å². The van der Waals surface area contributed by atoms with Crippen LogP contribution >= 0.6 is 23.5 Å². The number of carbonyl (C=O) groups is 4. The summed E-state index contributed by atoms with van der Waals surface area (Å²) < 4.78 is 28.4. The van der Waals surface area contributed by atoms with Gasteiger partial charge in [0.1, 0.15) is 33.7 Å². The molecule has 6 N–H and O–H groups in total. The molecule has 0 radical (unpaired) electrons. The van der Waals surface area contributed by atoms with Gasteiger partial charge in [-0.05, 0) is 41.0 Å². The molecule has 4 heterocycles. The van der Waals surface area contributed by atoms with E-state index in [9.17, 15) is 47.7 Å². The van der Waals surface area contributed by atoms with Gasteiger partial charge in [-0.1, -0.05) is 47.7 Å². The highest BCUT2D eigenvalue weighted by Crippen LogP contribution is 2.41. The standard InChI is InChI=1S/C35H36N8O10S3/c1-41-26(17-36-40-41)54-18-22-19-55-34-28(33(49)43(34)29(22)35(50)51)39-32(48)27(21-5-3-2-4-6-21)38-31(47)24-11-12-25(37-30(24)46)20-7-9-23(10-8-20)56(52,53)42(13-15-44)14-16-45/h2-12,17,27-28,34,44-45H,13-16,18-19H2,1H3,(H,37,46)(H,38,47)(H,39,48)(H,50,51)/t27-,28?,34-/m1/s1. The van der Waals surface area contributed by atoms with Crippen molar-refractivity contribution in [2.75, 3.05) is 37.8 Å². The number of carboxylic acid groups (broad SMARTS) is 1. The molecule has 3 amide bonds. The van der Waals surface area contributed by atoms with Crippen LogP contribution in [0.5, 0.6) is 0 Å². The van der Waals surface area contributed by atoms with E-state index >= 15 is 0 Å². The second-order valence-corrected chi connectivity index (χ2v) is 16.5. The lowest BCUT2D eigenvalue weighted by atomic mass is 10.0. The number of pyridine rings is 1. The summed E-state index contributed by atoms with van der Waals surface area (Å²) in [6, 6.07) is 14.0. The smallest absolute Gasteiger partial charge is 0.352 e. The Morgan fingerprint density at radius 1 is 1.04 bits per heavy atom. The number of benzene rings is 2. The fraction of sp³-hybridized carbons (Fsp3) is 0.286. The first-order valence-electron chi connectivity index (χ1n) is 16.9. The van der Waals surface area contributed by atoms with Gasteiger partial charge in [0.2, 0.25) is 15.9 Å². The highest BCUT2D eigenvalue weighted by molar-refractivity contribution is 8.01. The largest absolute Gasteiger partial charge is 0.477 e. The average Bonchev–Trinajstić information content (AvgIpc) is 3.61. The second-order valence-electron chi connectivity index (χ2n) is 12.4. The van der Waals surface area contributed by atoms with Gasteiger partial charge in [-0.15, -0.1) is 28.6 Å². The Hall–Kier alpha value is -5.32. The topological polar surface area (TPSA) is 257 Å². The maximum Gasteiger partial charge on any atom is 0.352 e. The number of nitrogens with zero attached hydrogens (tertiary/aromatic N) is 5. The summed E-state index contributed by atoms with van der Waals surface area (Å²) in [7, 11) is -2.32. The van der Waals surface area contributed by atoms with Crippen LogP contribution in [0.25, 0.3) is 11.3 Å². The molecule has 0 saturated carbocycles. The monoisotopic (exact) mass is 824 g/mol. The highest BCUT2D eigenvalue weighted by atomic mass is 32.2. The minimum Gasteiger partial charge on any atom is -0.477 e. The number of aromatic amines is 1. The minimum absolute atomic E-state index is 0.0950. The number of thioether (sulfide) groups is 2. The summed E-state index contributed by atoms with van der Waals surface area (Å²) in [5.74, 6) is -2.99. The number of hydrogen-bond acceptors (Lipinski definition) is 13. The molecule has 0 bridgehead atoms. The van der Waals surface area contributed by atoms with E-state index in [2.05, 4.69) is 25.9 Å². The zero-order chi connectivity index (χ0) is 40.1. The number of H-pyrrole nitrogens is 1. The molecule has 0 spiro atoms. The average molecular weight is 825 g/mol. The molecule has 2 aliphatic heterocycles. The van der Waals surface area contributed by atoms with Crippen molar-refractivity contribution in [3.05, 3.63) is 106 Å². The van der Waals surface area contributed by atoms with Gasteiger partial charge in [-0.25, -0.2) is 17.9 Å². The first kappa shape index (κ1) is 40.3. The first-order chi connectivity index (χ1) is 26.8. The third-order valence-corrected chi connectivity index (χ3v) is 13.4. The van der Waals surface area contributed by atoms with Crippen LogP contribution in [0, 0.1) is 0 Å². The van der Waals surface area contributed by atoms with Crippen molar-refractivity contribution in [3.8, 4) is 11.3 Å². The molecule has 2 aromatic carbocycles. The zero-order valence-corrected chi connectivity index (χ0v) is 32.0. The second kappa shape index (κ2) is 17.2. The minimum atomic E-state index is -4.02. The molecule has 1 fully saturated rings. The number of aliphatic carboxylic acids is 1. The van der Waals surface area contributed by atoms with E-state index in [0.717, 1.165) is 9.21 Å². The molecule has 1 saturated heterocycles. The van der Waals surface area contributed by atoms with E-state index in [4.69, 9.17) is 0 Å². The summed E-state index contributed by atoms with van der Waals surface area (Å²) >= 11 is 2.63. The van der Waals surface area contributed by atoms with E-state index in [-0.39, 0.29) is 46.4 Å². The third kappa shape index (κ3) is 8.27. The number of aryl methyl sites for hydroxylation is 1. The van der Waals surface area contributed by atoms with Crippen molar-refractivity contribution >= 4 is 57.2 Å². The van der Waals surface area contributed by atoms with E-state index in [1.807, 2.05) is 0 Å². The molecule has 0 aliphatic carbocycles. The maximum absolute atomic E-state index is 13.8. The van der Waals surface area contributed by atoms with Crippen molar-refractivity contribution in [2.45, 2.75) is 27.4 Å². The molecule has 3 atom stereocenters. The summed E-state index contributed by atoms with van der Waals surface area (Å²) in [5.41, 5.74) is 0.285. The molecule has 6 rings (SSSR count). The fourth-order valence-electron chi connectivity index (χ4n) is 6.11. The number of amides is 3. The van der Waals surface area contributed by atoms with Crippen molar-refractivity contribution in [1.82, 2.24) is 39.8 Å². The number of hydrogen-bond donors (Lipinski definition) is 6. The van der Waals surface area contributed by atoms with Crippen LogP contribution in [0.4, 0.5) is 0 Å². The lowest BCUT2D eigenvalue weighted by Crippen LogP contribution is -2.71. The maximum atomic E-state index is 13.8. The number of sulfonamides is 1. The Morgan fingerprint density at radius 3 is 2.34 bits per heavy atom. The zero-order valence-electron chi connectivity index (χ0n) is 29.6. The molecule has 1 unspecified atom stereocenters. The number of carbonyl (C=O) groups excluding carboxylic acids is 3. The number of aliphatic hydroxyl groups is 2. The predicted octanol–water partition coefficient (Wildman–Crippen LogP) is 0.148. The van der Waals surface area contributed by atoms with Crippen LogP contribution in [-0.4, -0.2) is 126 Å². The number of aromatic nitrogens is 4. The van der Waals surface area contributed by atoms with Gasteiger partial charge in [0.05, 0.1) is 24.3 Å². The van der Waals surface area contributed by atoms with E-state index < -0.39 is 69.9 Å². The molecule has 294 valence electrons. The van der Waals surface area contributed by atoms with Gasteiger partial charge in [0, 0.05) is 37.3 Å². The molecular weight excluding hydrogens is 789 g/mol. The van der Waals surface area contributed by atoms with Crippen molar-refractivity contribution < 1.29 is 42.9 Å². The fourth-order valence-corrected chi connectivity index (χ4v) is 9.91. The van der Waals surface area contributed by atoms with Gasteiger partial charge in [-0.3, -0.25) is 24.1 Å². The molecule has 2 aliphatic rings. The quantitative estimate of drug-likeness (QED) is 0.0650. The Balaban J connectivity index is 1.16. The van der Waals surface area contributed by atoms with Crippen LogP contribution in [0.2, 0.25) is 0 Å². The Kier molecular flexibility index (Phi) is 12.4. The summed E-state index contributed by atoms with van der Waals surface area (Å²) in [5, 5.41) is 41.5. The lowest BCUT2D eigenvalue weighted by molar-refractivity contribution is -0.151. The number of nitrogens with one attached hydrogen (secondary N) is 3. The van der Waals surface area contributed by atoms with E-state index in [1.165, 1.54) is 59.9 Å². The SMILES string of the molecule is Cn1nncc1SCC1=C(C(=O)O)N2C(=O)C(NC(=O)[C@H](NC(=O)c3ccc(-c4ccc(S(=O)(=O)N(CCO)CCO)cc4)[nH]c3=O)c3ccccc3)[C@H]2SC1. The number of rotatable bonds is 16. The molecule has 18 nitrogen and oxygen atoms in total. The molecule has 56 heavy (non-hydrogen) atoms. The first-order valence-corrected chi connectivity index (χ1v) is 20.4. The predicted molar refractivity (Wildman–Crippen MR) is 203 cm³/mol. The number of aliphatic hydroxyl groups excluding tert-OH is 2. The number of β-lactam (4-membered cyclic amide) rings is 1. The van der Waals surface area contributed by atoms with Gasteiger partial charge < -0.3 is 30.9 Å². The molecule has 2 aromatic heterocycles. The Morgan fingerprint density at radius 2 is 1.73 bits per heavy atom. The van der Waals surface area contributed by atoms with E-state index in [0.29, 0.717) is 21.7 Å². The number of fused-ring (bicyclic) bond motifs is 1. The van der Waals surface area contributed by atoms with Gasteiger partial charge in [-0.2, -0.15) is 4.31 Å². The molecular formula is C35H36N8O10S3. The van der Waals surface area contributed by atoms with Gasteiger partial charge >= 0.3 is 5.97 Å². The van der Waals surface area contributed by atoms with Crippen LogP contribution < -0.4 is 16.2 Å². The molecule has 4 aromatic rings.